The Kier molecular flexibility index (Phi) is 5.07. The molecule has 0 N–H and O–H groups in total. The Morgan fingerprint density at radius 3 is 1.64 bits per heavy atom. The third kappa shape index (κ3) is 2.68. The molecule has 3 unspecified atom stereocenters. The maximum Gasteiger partial charge on any atom is 0.250 e. The largest absolute Gasteiger partial charge is 0.469 e. The quantitative estimate of drug-likeness (QED) is 0.223. The normalized spacial score (nSPS) is 29.2. The number of halogens is 9. The van der Waals surface area contributed by atoms with Gasteiger partial charge in [0.2, 0.25) is 46.1 Å². The first-order valence-electron chi connectivity index (χ1n) is 10.3. The van der Waals surface area contributed by atoms with E-state index in [4.69, 9.17) is 4.74 Å². The molecule has 0 aliphatic heterocycles. The van der Waals surface area contributed by atoms with Crippen LogP contribution in [0.1, 0.15) is 17.0 Å². The summed E-state index contributed by atoms with van der Waals surface area (Å²) in [6.07, 6.45) is 0. The monoisotopic (exact) mass is 514 g/mol. The van der Waals surface area contributed by atoms with E-state index in [0.717, 1.165) is 36.4 Å². The zero-order valence-corrected chi connectivity index (χ0v) is 17.6. The van der Waals surface area contributed by atoms with Gasteiger partial charge in [0.1, 0.15) is 0 Å². The van der Waals surface area contributed by atoms with E-state index in [1.54, 1.807) is 0 Å². The van der Waals surface area contributed by atoms with Crippen molar-refractivity contribution in [1.29, 1.82) is 0 Å². The van der Waals surface area contributed by atoms with E-state index in [-0.39, 0.29) is 5.56 Å². The molecule has 186 valence electrons. The van der Waals surface area contributed by atoms with E-state index in [2.05, 4.69) is 0 Å². The van der Waals surface area contributed by atoms with Crippen molar-refractivity contribution < 1.29 is 49.0 Å². The lowest BCUT2D eigenvalue weighted by Gasteiger charge is -2.32. The van der Waals surface area contributed by atoms with Crippen LogP contribution in [0.2, 0.25) is 0 Å². The van der Waals surface area contributed by atoms with Crippen LogP contribution in [-0.2, 0) is 10.5 Å². The van der Waals surface area contributed by atoms with Crippen molar-refractivity contribution in [3.8, 4) is 5.75 Å². The number of ether oxygens (including phenoxy) is 1. The molecule has 2 aliphatic rings. The Morgan fingerprint density at radius 2 is 1.11 bits per heavy atom. The average Bonchev–Trinajstić information content (AvgIpc) is 3.47. The van der Waals surface area contributed by atoms with Gasteiger partial charge < -0.3 is 4.74 Å². The molecule has 0 bridgehead atoms. The molecule has 3 aromatic carbocycles. The van der Waals surface area contributed by atoms with E-state index in [9.17, 15) is 26.7 Å². The van der Waals surface area contributed by atoms with Gasteiger partial charge in [-0.15, -0.1) is 0 Å². The molecular weight excluding hydrogens is 503 g/mol. The summed E-state index contributed by atoms with van der Waals surface area (Å²) >= 11 is 0. The highest BCUT2D eigenvalue weighted by atomic mass is 19.2. The van der Waals surface area contributed by atoms with Crippen molar-refractivity contribution in [3.63, 3.8) is 0 Å². The molecule has 1 saturated carbocycles. The first-order valence-corrected chi connectivity index (χ1v) is 10.3. The molecule has 0 saturated heterocycles. The number of rotatable bonds is 4. The highest BCUT2D eigenvalue weighted by molar-refractivity contribution is 6.07. The van der Waals surface area contributed by atoms with E-state index in [1.165, 1.54) is 24.3 Å². The molecule has 0 spiro atoms. The minimum Gasteiger partial charge on any atom is -0.469 e. The predicted molar refractivity (Wildman–Crippen MR) is 106 cm³/mol. The van der Waals surface area contributed by atoms with Gasteiger partial charge in [-0.05, 0) is 5.56 Å². The molecule has 2 aliphatic carbocycles. The Bertz CT molecular complexity index is 1410. The summed E-state index contributed by atoms with van der Waals surface area (Å²) in [5.74, 6) is -24.4. The number of alkyl halides is 2. The fourth-order valence-corrected chi connectivity index (χ4v) is 4.71. The first kappa shape index (κ1) is 24.0. The number of ketones is 1. The fourth-order valence-electron chi connectivity index (χ4n) is 4.71. The maximum atomic E-state index is 16.5. The summed E-state index contributed by atoms with van der Waals surface area (Å²) in [7, 11) is 0. The van der Waals surface area contributed by atoms with Crippen molar-refractivity contribution in [2.75, 3.05) is 0 Å². The second-order valence-corrected chi connectivity index (χ2v) is 8.27. The molecule has 2 nitrogen and oxygen atoms in total. The second kappa shape index (κ2) is 7.62. The Morgan fingerprint density at radius 1 is 0.639 bits per heavy atom. The number of Topliss-reactive ketones (excluding diaryl/α,β-unsaturated/α-hetero) is 1. The van der Waals surface area contributed by atoms with Gasteiger partial charge >= 0.3 is 0 Å². The number of allylic oxidation sites excluding steroid dienone is 1. The van der Waals surface area contributed by atoms with Gasteiger partial charge in [0.25, 0.3) is 5.67 Å². The van der Waals surface area contributed by atoms with E-state index in [1.807, 2.05) is 0 Å². The zero-order chi connectivity index (χ0) is 26.2. The van der Waals surface area contributed by atoms with Crippen LogP contribution >= 0.6 is 0 Å². The smallest absolute Gasteiger partial charge is 0.250 e. The van der Waals surface area contributed by atoms with Crippen LogP contribution < -0.4 is 4.74 Å². The third-order valence-corrected chi connectivity index (χ3v) is 6.46. The number of benzene rings is 3. The molecule has 11 heteroatoms. The average molecular weight is 514 g/mol. The molecule has 0 amide bonds. The molecule has 3 aromatic rings. The Hall–Kier alpha value is -3.76. The third-order valence-electron chi connectivity index (χ3n) is 6.46. The highest BCUT2D eigenvalue weighted by Crippen LogP contribution is 2.74. The summed E-state index contributed by atoms with van der Waals surface area (Å²) in [5.41, 5.74) is -12.5. The highest BCUT2D eigenvalue weighted by Gasteiger charge is 2.93. The van der Waals surface area contributed by atoms with Crippen LogP contribution in [0, 0.1) is 29.1 Å². The van der Waals surface area contributed by atoms with Crippen LogP contribution in [-0.4, -0.2) is 17.1 Å². The van der Waals surface area contributed by atoms with Crippen molar-refractivity contribution in [1.82, 2.24) is 0 Å². The van der Waals surface area contributed by atoms with Crippen LogP contribution in [0.3, 0.4) is 0 Å². The molecule has 5 rings (SSSR count). The molecule has 36 heavy (non-hydrogen) atoms. The van der Waals surface area contributed by atoms with Crippen LogP contribution in [0.15, 0.2) is 72.3 Å². The van der Waals surface area contributed by atoms with Gasteiger partial charge in [0.05, 0.1) is 5.92 Å². The minimum absolute atomic E-state index is 0.294. The van der Waals surface area contributed by atoms with Crippen molar-refractivity contribution in [2.24, 2.45) is 0 Å². The lowest BCUT2D eigenvalue weighted by molar-refractivity contribution is -0.141. The van der Waals surface area contributed by atoms with Crippen molar-refractivity contribution >= 4 is 5.78 Å². The summed E-state index contributed by atoms with van der Waals surface area (Å²) in [6, 6.07) is 11.6. The lowest BCUT2D eigenvalue weighted by atomic mass is 9.81. The Labute approximate surface area is 196 Å². The SMILES string of the molecule is O=C1C2(F)C(c3ccccc3)C2(Oc2c(F)c(F)c(F)c(F)c2F)C(F)=C(F)[C@]1(F)c1ccccc1. The van der Waals surface area contributed by atoms with Gasteiger partial charge in [-0.25, -0.2) is 30.7 Å². The molecule has 0 heterocycles. The lowest BCUT2D eigenvalue weighted by Crippen LogP contribution is -2.50. The van der Waals surface area contributed by atoms with Crippen LogP contribution in [0.4, 0.5) is 39.5 Å². The van der Waals surface area contributed by atoms with Gasteiger partial charge in [-0.2, -0.15) is 8.78 Å². The predicted octanol–water partition coefficient (Wildman–Crippen LogP) is 6.60. The van der Waals surface area contributed by atoms with Crippen molar-refractivity contribution in [2.45, 2.75) is 22.9 Å². The van der Waals surface area contributed by atoms with E-state index < -0.39 is 80.7 Å². The van der Waals surface area contributed by atoms with Crippen LogP contribution in [0.5, 0.6) is 5.75 Å². The second-order valence-electron chi connectivity index (χ2n) is 8.27. The van der Waals surface area contributed by atoms with Gasteiger partial charge in [-0.1, -0.05) is 60.7 Å². The number of hydrogen-bond acceptors (Lipinski definition) is 2. The molecule has 0 aromatic heterocycles. The van der Waals surface area contributed by atoms with E-state index in [0.29, 0.717) is 0 Å². The molecule has 4 atom stereocenters. The standard InChI is InChI=1S/C25H11F9O2/c26-13-14(27)16(29)18(17(30)15(13)28)36-25-19(11-7-3-1-4-8-11)24(25,34)22(35)23(33,20(31)21(25)32)12-9-5-2-6-10-12/h1-10,19H/t19?,23-,24?,25?/m1/s1. The van der Waals surface area contributed by atoms with Gasteiger partial charge in [0.15, 0.2) is 17.4 Å². The van der Waals surface area contributed by atoms with Gasteiger partial charge in [-0.3, -0.25) is 4.79 Å². The topological polar surface area (TPSA) is 26.3 Å². The number of hydrogen-bond donors (Lipinski definition) is 0. The summed E-state index contributed by atoms with van der Waals surface area (Å²) < 4.78 is 138. The molecular formula is C25H11F9O2. The van der Waals surface area contributed by atoms with E-state index >= 15 is 17.6 Å². The fraction of sp³-hybridized carbons (Fsp3) is 0.160. The van der Waals surface area contributed by atoms with Gasteiger partial charge in [0, 0.05) is 5.56 Å². The zero-order valence-electron chi connectivity index (χ0n) is 17.6. The first-order chi connectivity index (χ1) is 17.0. The number of fused-ring (bicyclic) bond motifs is 1. The summed E-state index contributed by atoms with van der Waals surface area (Å²) in [4.78, 5) is 13.2. The molecule has 0 radical (unpaired) electrons. The number of carbonyl (C=O) groups is 1. The summed E-state index contributed by atoms with van der Waals surface area (Å²) in [5, 5.41) is 0. The summed E-state index contributed by atoms with van der Waals surface area (Å²) in [6.45, 7) is 0. The maximum absolute atomic E-state index is 16.5. The van der Waals surface area contributed by atoms with Crippen molar-refractivity contribution in [3.05, 3.63) is 113 Å². The van der Waals surface area contributed by atoms with Crippen LogP contribution in [0.25, 0.3) is 0 Å². The molecule has 1 fully saturated rings. The number of carbonyl (C=O) groups excluding carboxylic acids is 1. The minimum atomic E-state index is -4.01. The Balaban J connectivity index is 1.79.